The first kappa shape index (κ1) is 20.2. The van der Waals surface area contributed by atoms with Crippen molar-refractivity contribution in [3.05, 3.63) is 64.3 Å². The van der Waals surface area contributed by atoms with Crippen molar-refractivity contribution in [1.82, 2.24) is 10.3 Å². The van der Waals surface area contributed by atoms with Crippen LogP contribution in [0.15, 0.2) is 36.4 Å². The van der Waals surface area contributed by atoms with Gasteiger partial charge in [0.1, 0.15) is 10.7 Å². The van der Waals surface area contributed by atoms with Gasteiger partial charge in [-0.25, -0.2) is 18.2 Å². The molecule has 0 radical (unpaired) electrons. The third-order valence-electron chi connectivity index (χ3n) is 4.71. The molecule has 1 saturated heterocycles. The minimum Gasteiger partial charge on any atom is -0.382 e. The minimum atomic E-state index is -1.63. The van der Waals surface area contributed by atoms with E-state index in [1.54, 1.807) is 0 Å². The second-order valence-corrected chi connectivity index (χ2v) is 7.72. The van der Waals surface area contributed by atoms with E-state index in [0.29, 0.717) is 17.3 Å². The summed E-state index contributed by atoms with van der Waals surface area (Å²) in [5.74, 6) is -5.32. The van der Waals surface area contributed by atoms with Crippen LogP contribution >= 0.6 is 11.3 Å². The molecule has 2 heterocycles. The number of carbonyl (C=O) groups is 1. The Morgan fingerprint density at radius 1 is 1.10 bits per heavy atom. The van der Waals surface area contributed by atoms with Crippen molar-refractivity contribution in [3.63, 3.8) is 0 Å². The number of hydrogen-bond donors (Lipinski definition) is 3. The van der Waals surface area contributed by atoms with Crippen LogP contribution in [0.4, 0.5) is 35.5 Å². The van der Waals surface area contributed by atoms with Crippen LogP contribution in [-0.2, 0) is 0 Å². The topological polar surface area (TPSA) is 83.3 Å². The molecule has 6 nitrogen and oxygen atoms in total. The molecule has 1 fully saturated rings. The number of benzene rings is 2. The standard InChI is InChI=1S/C20H18F3N5OS/c21-14-9-11(10-15(22)16(14)23)17(29)18-19(24)27-20(30-18)26-12-1-3-13(4-2-12)28-7-5-25-6-8-28/h1-4,9-10,25H,5-8,24H2,(H,26,27). The summed E-state index contributed by atoms with van der Waals surface area (Å²) in [6, 6.07) is 9.04. The number of carbonyl (C=O) groups excluding carboxylic acids is 1. The van der Waals surface area contributed by atoms with Crippen LogP contribution < -0.4 is 21.3 Å². The van der Waals surface area contributed by atoms with E-state index in [4.69, 9.17) is 5.73 Å². The van der Waals surface area contributed by atoms with Gasteiger partial charge in [-0.2, -0.15) is 0 Å². The summed E-state index contributed by atoms with van der Waals surface area (Å²) in [6.45, 7) is 3.76. The first-order chi connectivity index (χ1) is 14.4. The number of halogens is 3. The number of piperazine rings is 1. The molecule has 0 unspecified atom stereocenters. The smallest absolute Gasteiger partial charge is 0.207 e. The van der Waals surface area contributed by atoms with Crippen LogP contribution in [0, 0.1) is 17.5 Å². The van der Waals surface area contributed by atoms with E-state index in [0.717, 1.165) is 48.9 Å². The molecular formula is C20H18F3N5OS. The highest BCUT2D eigenvalue weighted by Crippen LogP contribution is 2.31. The molecule has 0 saturated carbocycles. The average molecular weight is 433 g/mol. The van der Waals surface area contributed by atoms with Gasteiger partial charge in [0.15, 0.2) is 22.6 Å². The number of ketones is 1. The summed E-state index contributed by atoms with van der Waals surface area (Å²) in [6.07, 6.45) is 0. The van der Waals surface area contributed by atoms with E-state index in [9.17, 15) is 18.0 Å². The third-order valence-corrected chi connectivity index (χ3v) is 5.69. The lowest BCUT2D eigenvalue weighted by Crippen LogP contribution is -2.43. The molecule has 3 aromatic rings. The normalized spacial score (nSPS) is 14.0. The van der Waals surface area contributed by atoms with E-state index in [-0.39, 0.29) is 16.3 Å². The predicted molar refractivity (Wildman–Crippen MR) is 111 cm³/mol. The number of nitrogen functional groups attached to an aromatic ring is 1. The summed E-state index contributed by atoms with van der Waals surface area (Å²) < 4.78 is 40.0. The van der Waals surface area contributed by atoms with Gasteiger partial charge in [-0.3, -0.25) is 4.79 Å². The van der Waals surface area contributed by atoms with E-state index < -0.39 is 23.2 Å². The summed E-state index contributed by atoms with van der Waals surface area (Å²) in [5.41, 5.74) is 7.34. The molecule has 0 bridgehead atoms. The average Bonchev–Trinajstić information content (AvgIpc) is 3.12. The molecule has 4 N–H and O–H groups in total. The zero-order chi connectivity index (χ0) is 21.3. The second kappa shape index (κ2) is 8.33. The SMILES string of the molecule is Nc1nc(Nc2ccc(N3CCNCC3)cc2)sc1C(=O)c1cc(F)c(F)c(F)c1. The van der Waals surface area contributed by atoms with Crippen LogP contribution in [0.3, 0.4) is 0 Å². The number of nitrogens with one attached hydrogen (secondary N) is 2. The Balaban J connectivity index is 1.50. The van der Waals surface area contributed by atoms with Crippen molar-refractivity contribution in [1.29, 1.82) is 0 Å². The zero-order valence-electron chi connectivity index (χ0n) is 15.7. The summed E-state index contributed by atoms with van der Waals surface area (Å²) >= 11 is 0.951. The number of hydrogen-bond acceptors (Lipinski definition) is 7. The Bertz CT molecular complexity index is 1060. The van der Waals surface area contributed by atoms with Gasteiger partial charge in [0, 0.05) is 43.1 Å². The number of nitrogens with two attached hydrogens (primary N) is 1. The Labute approximate surface area is 174 Å². The van der Waals surface area contributed by atoms with Gasteiger partial charge in [-0.05, 0) is 36.4 Å². The van der Waals surface area contributed by atoms with Crippen molar-refractivity contribution in [2.45, 2.75) is 0 Å². The lowest BCUT2D eigenvalue weighted by atomic mass is 10.1. The van der Waals surface area contributed by atoms with Crippen molar-refractivity contribution >= 4 is 39.4 Å². The fourth-order valence-electron chi connectivity index (χ4n) is 3.17. The van der Waals surface area contributed by atoms with Gasteiger partial charge < -0.3 is 21.3 Å². The van der Waals surface area contributed by atoms with Gasteiger partial charge in [-0.15, -0.1) is 0 Å². The molecule has 30 heavy (non-hydrogen) atoms. The van der Waals surface area contributed by atoms with Gasteiger partial charge in [0.2, 0.25) is 5.78 Å². The Morgan fingerprint density at radius 3 is 2.37 bits per heavy atom. The van der Waals surface area contributed by atoms with Crippen LogP contribution in [0.25, 0.3) is 0 Å². The van der Waals surface area contributed by atoms with Gasteiger partial charge in [0.05, 0.1) is 0 Å². The van der Waals surface area contributed by atoms with E-state index in [2.05, 4.69) is 20.5 Å². The lowest BCUT2D eigenvalue weighted by molar-refractivity contribution is 0.104. The number of nitrogens with zero attached hydrogens (tertiary/aromatic N) is 2. The molecule has 2 aromatic carbocycles. The molecule has 1 aromatic heterocycles. The van der Waals surface area contributed by atoms with Gasteiger partial charge in [0.25, 0.3) is 0 Å². The van der Waals surface area contributed by atoms with Crippen LogP contribution in [-0.4, -0.2) is 36.9 Å². The lowest BCUT2D eigenvalue weighted by Gasteiger charge is -2.29. The number of rotatable bonds is 5. The maximum atomic E-state index is 13.4. The molecule has 0 aliphatic carbocycles. The highest BCUT2D eigenvalue weighted by molar-refractivity contribution is 7.18. The Kier molecular flexibility index (Phi) is 5.60. The molecule has 1 aliphatic rings. The third kappa shape index (κ3) is 4.10. The quantitative estimate of drug-likeness (QED) is 0.422. The van der Waals surface area contributed by atoms with Crippen molar-refractivity contribution in [2.24, 2.45) is 0 Å². The van der Waals surface area contributed by atoms with E-state index >= 15 is 0 Å². The van der Waals surface area contributed by atoms with E-state index in [1.165, 1.54) is 0 Å². The maximum Gasteiger partial charge on any atom is 0.207 e. The monoisotopic (exact) mass is 433 g/mol. The largest absolute Gasteiger partial charge is 0.382 e. The zero-order valence-corrected chi connectivity index (χ0v) is 16.5. The highest BCUT2D eigenvalue weighted by Gasteiger charge is 2.21. The summed E-state index contributed by atoms with van der Waals surface area (Å²) in [7, 11) is 0. The number of aromatic nitrogens is 1. The molecule has 0 spiro atoms. The number of thiazole rings is 1. The van der Waals surface area contributed by atoms with Crippen LogP contribution in [0.5, 0.6) is 0 Å². The highest BCUT2D eigenvalue weighted by atomic mass is 32.1. The van der Waals surface area contributed by atoms with Crippen LogP contribution in [0.2, 0.25) is 0 Å². The van der Waals surface area contributed by atoms with E-state index in [1.807, 2.05) is 24.3 Å². The molecule has 1 aliphatic heterocycles. The molecule has 4 rings (SSSR count). The van der Waals surface area contributed by atoms with Gasteiger partial charge >= 0.3 is 0 Å². The fourth-order valence-corrected chi connectivity index (χ4v) is 4.03. The van der Waals surface area contributed by atoms with Gasteiger partial charge in [-0.1, -0.05) is 11.3 Å². The number of anilines is 4. The first-order valence-electron chi connectivity index (χ1n) is 9.20. The molecule has 0 atom stereocenters. The summed E-state index contributed by atoms with van der Waals surface area (Å²) in [4.78, 5) is 19.0. The van der Waals surface area contributed by atoms with Crippen molar-refractivity contribution in [3.8, 4) is 0 Å². The molecule has 156 valence electrons. The van der Waals surface area contributed by atoms with Crippen molar-refractivity contribution < 1.29 is 18.0 Å². The minimum absolute atomic E-state index is 0.0142. The van der Waals surface area contributed by atoms with Crippen LogP contribution in [0.1, 0.15) is 15.2 Å². The Hall–Kier alpha value is -3.11. The Morgan fingerprint density at radius 2 is 1.73 bits per heavy atom. The molecule has 10 heteroatoms. The predicted octanol–water partition coefficient (Wildman–Crippen LogP) is 3.53. The molecular weight excluding hydrogens is 415 g/mol. The second-order valence-electron chi connectivity index (χ2n) is 6.73. The fraction of sp³-hybridized carbons (Fsp3) is 0.200. The molecule has 0 amide bonds. The first-order valence-corrected chi connectivity index (χ1v) is 10.0. The summed E-state index contributed by atoms with van der Waals surface area (Å²) in [5, 5.41) is 6.73. The van der Waals surface area contributed by atoms with Crippen molar-refractivity contribution in [2.75, 3.05) is 42.1 Å². The maximum absolute atomic E-state index is 13.4.